The van der Waals surface area contributed by atoms with Gasteiger partial charge in [-0.25, -0.2) is 0 Å². The maximum Gasteiger partial charge on any atom is 0.673 e. The molecular weight excluding hydrogens is 313 g/mol. The quantitative estimate of drug-likeness (QED) is 0.467. The van der Waals surface area contributed by atoms with Crippen LogP contribution < -0.4 is 4.90 Å². The molecular formula is C14H20BF4N3O. The molecule has 0 spiro atoms. The Bertz CT molecular complexity index is 548. The van der Waals surface area contributed by atoms with Crippen LogP contribution in [0.5, 0.6) is 0 Å². The van der Waals surface area contributed by atoms with Gasteiger partial charge in [0.25, 0.3) is 0 Å². The molecule has 0 saturated carbocycles. The molecule has 1 heterocycles. The highest BCUT2D eigenvalue weighted by atomic mass is 19.5. The van der Waals surface area contributed by atoms with E-state index < -0.39 is 7.25 Å². The molecule has 0 radical (unpaired) electrons. The van der Waals surface area contributed by atoms with Crippen molar-refractivity contribution in [1.82, 2.24) is 0 Å². The number of halogens is 4. The molecule has 1 aliphatic rings. The van der Waals surface area contributed by atoms with Gasteiger partial charge in [-0.05, 0) is 24.5 Å². The highest BCUT2D eigenvalue weighted by molar-refractivity contribution is 6.50. The van der Waals surface area contributed by atoms with Gasteiger partial charge in [0.2, 0.25) is 5.39 Å². The Morgan fingerprint density at radius 1 is 1.09 bits per heavy atom. The van der Waals surface area contributed by atoms with Crippen LogP contribution in [0.1, 0.15) is 25.0 Å². The number of benzene rings is 1. The summed E-state index contributed by atoms with van der Waals surface area (Å²) in [5, 5.41) is 9.06. The summed E-state index contributed by atoms with van der Waals surface area (Å²) in [5.41, 5.74) is 4.30. The topological polar surface area (TPSA) is 40.6 Å². The smallest absolute Gasteiger partial charge is 0.418 e. The zero-order valence-corrected chi connectivity index (χ0v) is 13.2. The molecule has 0 aromatic heterocycles. The van der Waals surface area contributed by atoms with Crippen LogP contribution in [-0.4, -0.2) is 33.6 Å². The van der Waals surface area contributed by atoms with Crippen molar-refractivity contribution in [2.75, 3.05) is 31.2 Å². The fourth-order valence-corrected chi connectivity index (χ4v) is 2.42. The van der Waals surface area contributed by atoms with Crippen molar-refractivity contribution in [3.05, 3.63) is 28.2 Å². The monoisotopic (exact) mass is 333 g/mol. The van der Waals surface area contributed by atoms with Crippen LogP contribution >= 0.6 is 0 Å². The van der Waals surface area contributed by atoms with E-state index in [1.54, 1.807) is 0 Å². The van der Waals surface area contributed by atoms with Crippen LogP contribution in [0.2, 0.25) is 0 Å². The number of ether oxygens (including phenoxy) is 1. The minimum Gasteiger partial charge on any atom is -0.418 e. The number of diazo groups is 1. The third-order valence-electron chi connectivity index (χ3n) is 3.50. The average molecular weight is 333 g/mol. The van der Waals surface area contributed by atoms with Crippen LogP contribution in [0.4, 0.5) is 28.6 Å². The van der Waals surface area contributed by atoms with Crippen LogP contribution in [0.25, 0.3) is 4.98 Å². The summed E-state index contributed by atoms with van der Waals surface area (Å²) >= 11 is 0. The molecule has 0 bridgehead atoms. The van der Waals surface area contributed by atoms with Gasteiger partial charge in [0, 0.05) is 30.4 Å². The third-order valence-corrected chi connectivity index (χ3v) is 3.50. The largest absolute Gasteiger partial charge is 0.673 e. The number of nitrogens with zero attached hydrogens (tertiary/aromatic N) is 3. The van der Waals surface area contributed by atoms with Crippen LogP contribution in [0.15, 0.2) is 12.1 Å². The highest BCUT2D eigenvalue weighted by Crippen LogP contribution is 2.31. The number of aryl methyl sites for hydroxylation is 2. The van der Waals surface area contributed by atoms with E-state index in [1.165, 1.54) is 11.3 Å². The van der Waals surface area contributed by atoms with Crippen molar-refractivity contribution in [3.63, 3.8) is 0 Å². The minimum absolute atomic E-state index is 0.700. The van der Waals surface area contributed by atoms with Gasteiger partial charge in [-0.1, -0.05) is 13.8 Å². The first kappa shape index (κ1) is 19.2. The van der Waals surface area contributed by atoms with E-state index in [4.69, 9.17) is 10.1 Å². The van der Waals surface area contributed by atoms with Gasteiger partial charge in [0.1, 0.15) is 0 Å². The Hall–Kier alpha value is -1.82. The maximum atomic E-state index is 9.75. The highest BCUT2D eigenvalue weighted by Gasteiger charge is 2.21. The van der Waals surface area contributed by atoms with E-state index in [2.05, 4.69) is 29.8 Å². The van der Waals surface area contributed by atoms with Crippen molar-refractivity contribution in [3.8, 4) is 0 Å². The van der Waals surface area contributed by atoms with Crippen molar-refractivity contribution in [1.29, 1.82) is 5.39 Å². The second-order valence-corrected chi connectivity index (χ2v) is 5.01. The first-order valence-electron chi connectivity index (χ1n) is 7.51. The first-order valence-corrected chi connectivity index (χ1v) is 7.51. The number of hydrogen-bond acceptors (Lipinski definition) is 3. The Morgan fingerprint density at radius 3 is 2.04 bits per heavy atom. The van der Waals surface area contributed by atoms with E-state index in [1.807, 2.05) is 6.07 Å². The number of morpholine rings is 1. The lowest BCUT2D eigenvalue weighted by Crippen LogP contribution is -2.36. The molecule has 0 aliphatic carbocycles. The number of hydrogen-bond donors (Lipinski definition) is 0. The number of rotatable bonds is 3. The Morgan fingerprint density at radius 2 is 1.61 bits per heavy atom. The molecule has 2 rings (SSSR count). The fourth-order valence-electron chi connectivity index (χ4n) is 2.42. The molecule has 1 aromatic rings. The molecule has 0 N–H and O–H groups in total. The zero-order valence-electron chi connectivity index (χ0n) is 13.2. The second kappa shape index (κ2) is 8.72. The van der Waals surface area contributed by atoms with Gasteiger partial charge >= 0.3 is 12.9 Å². The van der Waals surface area contributed by atoms with Gasteiger partial charge in [0.05, 0.1) is 13.2 Å². The lowest BCUT2D eigenvalue weighted by molar-refractivity contribution is 0.122. The van der Waals surface area contributed by atoms with Crippen molar-refractivity contribution < 1.29 is 22.0 Å². The lowest BCUT2D eigenvalue weighted by atomic mass is 10.0. The molecule has 0 unspecified atom stereocenters. The summed E-state index contributed by atoms with van der Waals surface area (Å²) in [5.74, 6) is 0. The van der Waals surface area contributed by atoms with Crippen LogP contribution in [-0.2, 0) is 17.6 Å². The predicted molar refractivity (Wildman–Crippen MR) is 83.2 cm³/mol. The Labute approximate surface area is 133 Å². The van der Waals surface area contributed by atoms with Gasteiger partial charge in [-0.3, -0.25) is 0 Å². The normalized spacial score (nSPS) is 14.7. The predicted octanol–water partition coefficient (Wildman–Crippen LogP) is 4.43. The summed E-state index contributed by atoms with van der Waals surface area (Å²) < 4.78 is 44.4. The second-order valence-electron chi connectivity index (χ2n) is 5.01. The minimum atomic E-state index is -6.00. The van der Waals surface area contributed by atoms with Crippen molar-refractivity contribution in [2.24, 2.45) is 0 Å². The molecule has 4 nitrogen and oxygen atoms in total. The molecule has 1 aliphatic heterocycles. The zero-order chi connectivity index (χ0) is 17.5. The van der Waals surface area contributed by atoms with E-state index in [-0.39, 0.29) is 0 Å². The van der Waals surface area contributed by atoms with Crippen LogP contribution in [0.3, 0.4) is 0 Å². The Kier molecular flexibility index (Phi) is 7.29. The molecule has 9 heteroatoms. The van der Waals surface area contributed by atoms with E-state index >= 15 is 0 Å². The number of anilines is 1. The Balaban J connectivity index is 0.000000463. The molecule has 0 atom stereocenters. The SMILES string of the molecule is CCc1cc(N2CCOCC2)c(CC)cc1[N+]#N.F[B-](F)(F)F. The molecule has 1 fully saturated rings. The summed E-state index contributed by atoms with van der Waals surface area (Å²) in [4.78, 5) is 5.76. The lowest BCUT2D eigenvalue weighted by Gasteiger charge is -2.30. The molecule has 1 aromatic carbocycles. The fraction of sp³-hybridized carbons (Fsp3) is 0.571. The standard InChI is InChI=1S/C14H20N3O.BF4/c1-3-11-10-14(17-5-7-18-8-6-17)12(4-2)9-13(11)16-15;2-1(3,4)5/h9-10H,3-8H2,1-2H3;/q+1;-1. The van der Waals surface area contributed by atoms with Crippen molar-refractivity contribution >= 4 is 18.6 Å². The molecule has 1 saturated heterocycles. The summed E-state index contributed by atoms with van der Waals surface area (Å²) in [7, 11) is -6.00. The molecule has 23 heavy (non-hydrogen) atoms. The van der Waals surface area contributed by atoms with Crippen LogP contribution in [0, 0.1) is 5.39 Å². The summed E-state index contributed by atoms with van der Waals surface area (Å²) in [6.45, 7) is 7.66. The van der Waals surface area contributed by atoms with E-state index in [0.29, 0.717) is 5.69 Å². The van der Waals surface area contributed by atoms with Crippen molar-refractivity contribution in [2.45, 2.75) is 26.7 Å². The first-order chi connectivity index (χ1) is 10.8. The maximum absolute atomic E-state index is 9.75. The summed E-state index contributed by atoms with van der Waals surface area (Å²) in [6.07, 6.45) is 1.82. The van der Waals surface area contributed by atoms with E-state index in [0.717, 1.165) is 44.7 Å². The average Bonchev–Trinajstić information content (AvgIpc) is 2.52. The van der Waals surface area contributed by atoms with Gasteiger partial charge in [-0.15, -0.1) is 0 Å². The van der Waals surface area contributed by atoms with E-state index in [9.17, 15) is 17.3 Å². The molecule has 128 valence electrons. The summed E-state index contributed by atoms with van der Waals surface area (Å²) in [6, 6.07) is 4.17. The van der Waals surface area contributed by atoms with Gasteiger partial charge in [0.15, 0.2) is 4.98 Å². The van der Waals surface area contributed by atoms with Gasteiger partial charge < -0.3 is 26.9 Å². The molecule has 0 amide bonds. The third kappa shape index (κ3) is 6.44. The van der Waals surface area contributed by atoms with Gasteiger partial charge in [-0.2, -0.15) is 0 Å².